The molecule has 0 bridgehead atoms. The minimum absolute atomic E-state index is 0.235. The van der Waals surface area contributed by atoms with E-state index < -0.39 is 0 Å². The van der Waals surface area contributed by atoms with Crippen LogP contribution < -0.4 is 0 Å². The molecule has 0 radical (unpaired) electrons. The van der Waals surface area contributed by atoms with Crippen LogP contribution in [0.1, 0.15) is 43.4 Å². The van der Waals surface area contributed by atoms with Crippen LogP contribution in [0.5, 0.6) is 0 Å². The van der Waals surface area contributed by atoms with Crippen LogP contribution in [0.15, 0.2) is 18.2 Å². The van der Waals surface area contributed by atoms with Crippen molar-refractivity contribution in [2.75, 3.05) is 0 Å². The molecule has 0 aliphatic rings. The van der Waals surface area contributed by atoms with Crippen molar-refractivity contribution in [3.63, 3.8) is 0 Å². The zero-order valence-electron chi connectivity index (χ0n) is 10.8. The lowest BCUT2D eigenvalue weighted by molar-refractivity contribution is -0.122. The van der Waals surface area contributed by atoms with Gasteiger partial charge in [0.05, 0.1) is 0 Å². The Morgan fingerprint density at radius 2 is 1.62 bits per heavy atom. The van der Waals surface area contributed by atoms with E-state index in [9.17, 15) is 4.79 Å². The third kappa shape index (κ3) is 2.94. The van der Waals surface area contributed by atoms with Gasteiger partial charge in [-0.05, 0) is 43.4 Å². The summed E-state index contributed by atoms with van der Waals surface area (Å²) in [5.74, 6) is 0.626. The van der Waals surface area contributed by atoms with Gasteiger partial charge < -0.3 is 0 Å². The van der Waals surface area contributed by atoms with Crippen molar-refractivity contribution in [2.45, 2.75) is 47.0 Å². The Labute approximate surface area is 98.9 Å². The Kier molecular flexibility index (Phi) is 4.72. The summed E-state index contributed by atoms with van der Waals surface area (Å²) in [4.78, 5) is 12.1. The number of aryl methyl sites for hydroxylation is 2. The van der Waals surface area contributed by atoms with Crippen molar-refractivity contribution >= 4 is 5.78 Å². The zero-order chi connectivity index (χ0) is 12.1. The van der Waals surface area contributed by atoms with Gasteiger partial charge in [0.1, 0.15) is 5.78 Å². The molecular weight excluding hydrogens is 196 g/mol. The van der Waals surface area contributed by atoms with E-state index in [2.05, 4.69) is 45.9 Å². The molecular formula is C15H22O. The number of ketones is 1. The van der Waals surface area contributed by atoms with Crippen LogP contribution in [0.25, 0.3) is 0 Å². The summed E-state index contributed by atoms with van der Waals surface area (Å²) in [6, 6.07) is 6.22. The summed E-state index contributed by atoms with van der Waals surface area (Å²) in [7, 11) is 0. The van der Waals surface area contributed by atoms with Crippen molar-refractivity contribution in [3.8, 4) is 0 Å². The second-order valence-electron chi connectivity index (χ2n) is 4.53. The van der Waals surface area contributed by atoms with Gasteiger partial charge in [0.15, 0.2) is 0 Å². The average Bonchev–Trinajstić information content (AvgIpc) is 2.25. The van der Waals surface area contributed by atoms with E-state index >= 15 is 0 Å². The number of benzene rings is 1. The highest BCUT2D eigenvalue weighted by molar-refractivity contribution is 5.83. The molecule has 0 N–H and O–H groups in total. The quantitative estimate of drug-likeness (QED) is 0.733. The normalized spacial score (nSPS) is 10.8. The number of carbonyl (C=O) groups excluding carboxylic acids is 1. The molecule has 0 spiro atoms. The van der Waals surface area contributed by atoms with Gasteiger partial charge in [-0.2, -0.15) is 0 Å². The minimum Gasteiger partial charge on any atom is -0.299 e. The Balaban J connectivity index is 2.84. The molecule has 1 nitrogen and oxygen atoms in total. The van der Waals surface area contributed by atoms with Crippen molar-refractivity contribution in [1.82, 2.24) is 0 Å². The lowest BCUT2D eigenvalue weighted by atomic mass is 9.90. The third-order valence-electron chi connectivity index (χ3n) is 3.44. The molecule has 1 aromatic carbocycles. The van der Waals surface area contributed by atoms with Crippen molar-refractivity contribution < 1.29 is 4.79 Å². The molecule has 0 amide bonds. The highest BCUT2D eigenvalue weighted by Crippen LogP contribution is 2.18. The lowest BCUT2D eigenvalue weighted by Gasteiger charge is -2.14. The maximum absolute atomic E-state index is 12.1. The highest BCUT2D eigenvalue weighted by Gasteiger charge is 2.16. The fourth-order valence-corrected chi connectivity index (χ4v) is 2.19. The molecule has 0 aromatic heterocycles. The maximum atomic E-state index is 12.1. The second-order valence-corrected chi connectivity index (χ2v) is 4.53. The molecule has 0 atom stereocenters. The average molecular weight is 218 g/mol. The molecule has 0 aliphatic carbocycles. The molecule has 1 aromatic rings. The third-order valence-corrected chi connectivity index (χ3v) is 3.44. The van der Waals surface area contributed by atoms with Crippen molar-refractivity contribution in [1.29, 1.82) is 0 Å². The molecule has 1 rings (SSSR count). The van der Waals surface area contributed by atoms with E-state index in [0.29, 0.717) is 12.2 Å². The molecule has 0 unspecified atom stereocenters. The zero-order valence-corrected chi connectivity index (χ0v) is 10.8. The Hall–Kier alpha value is -1.11. The summed E-state index contributed by atoms with van der Waals surface area (Å²) >= 11 is 0. The molecule has 0 aliphatic heterocycles. The Bertz CT molecular complexity index is 341. The van der Waals surface area contributed by atoms with Gasteiger partial charge >= 0.3 is 0 Å². The summed E-state index contributed by atoms with van der Waals surface area (Å²) < 4.78 is 0. The monoisotopic (exact) mass is 218 g/mol. The van der Waals surface area contributed by atoms with Crippen LogP contribution in [-0.4, -0.2) is 5.78 Å². The lowest BCUT2D eigenvalue weighted by Crippen LogP contribution is -2.16. The molecule has 0 fully saturated rings. The van der Waals surface area contributed by atoms with Gasteiger partial charge in [-0.25, -0.2) is 0 Å². The van der Waals surface area contributed by atoms with Gasteiger partial charge in [0, 0.05) is 12.3 Å². The number of hydrogen-bond donors (Lipinski definition) is 0. The van der Waals surface area contributed by atoms with Gasteiger partial charge in [-0.3, -0.25) is 4.79 Å². The van der Waals surface area contributed by atoms with Crippen LogP contribution in [0, 0.1) is 19.8 Å². The fraction of sp³-hybridized carbons (Fsp3) is 0.533. The van der Waals surface area contributed by atoms with Gasteiger partial charge in [-0.1, -0.05) is 32.0 Å². The van der Waals surface area contributed by atoms with E-state index in [1.807, 2.05) is 0 Å². The number of Topliss-reactive ketones (excluding diaryl/α,β-unsaturated/α-hetero) is 1. The summed E-state index contributed by atoms with van der Waals surface area (Å²) in [5.41, 5.74) is 3.69. The Morgan fingerprint density at radius 3 is 2.06 bits per heavy atom. The predicted molar refractivity (Wildman–Crippen MR) is 68.7 cm³/mol. The summed E-state index contributed by atoms with van der Waals surface area (Å²) in [6.07, 6.45) is 2.52. The van der Waals surface area contributed by atoms with Gasteiger partial charge in [0.2, 0.25) is 0 Å². The van der Waals surface area contributed by atoms with Gasteiger partial charge in [0.25, 0.3) is 0 Å². The van der Waals surface area contributed by atoms with Crippen molar-refractivity contribution in [2.24, 2.45) is 5.92 Å². The second kappa shape index (κ2) is 5.83. The van der Waals surface area contributed by atoms with E-state index in [4.69, 9.17) is 0 Å². The Morgan fingerprint density at radius 1 is 1.12 bits per heavy atom. The van der Waals surface area contributed by atoms with E-state index in [-0.39, 0.29) is 5.92 Å². The first-order valence-electron chi connectivity index (χ1n) is 6.17. The van der Waals surface area contributed by atoms with Crippen LogP contribution in [0.3, 0.4) is 0 Å². The number of carbonyl (C=O) groups is 1. The first-order valence-corrected chi connectivity index (χ1v) is 6.17. The minimum atomic E-state index is 0.235. The SMILES string of the molecule is CCC(CC)C(=O)Cc1c(C)cccc1C. The van der Waals surface area contributed by atoms with Gasteiger partial charge in [-0.15, -0.1) is 0 Å². The standard InChI is InChI=1S/C15H22O/c1-5-13(6-2)15(16)10-14-11(3)8-7-9-12(14)4/h7-9,13H,5-6,10H2,1-4H3. The molecule has 0 saturated carbocycles. The predicted octanol–water partition coefficient (Wildman–Crippen LogP) is 3.85. The smallest absolute Gasteiger partial charge is 0.140 e. The van der Waals surface area contributed by atoms with E-state index in [1.54, 1.807) is 0 Å². The van der Waals surface area contributed by atoms with Crippen LogP contribution in [0.4, 0.5) is 0 Å². The van der Waals surface area contributed by atoms with Crippen LogP contribution in [-0.2, 0) is 11.2 Å². The first kappa shape index (κ1) is 13.0. The summed E-state index contributed by atoms with van der Waals surface area (Å²) in [6.45, 7) is 8.36. The van der Waals surface area contributed by atoms with Crippen molar-refractivity contribution in [3.05, 3.63) is 34.9 Å². The summed E-state index contributed by atoms with van der Waals surface area (Å²) in [5, 5.41) is 0. The molecule has 88 valence electrons. The topological polar surface area (TPSA) is 17.1 Å². The highest BCUT2D eigenvalue weighted by atomic mass is 16.1. The molecule has 0 saturated heterocycles. The first-order chi connectivity index (χ1) is 7.60. The molecule has 1 heteroatoms. The van der Waals surface area contributed by atoms with Crippen LogP contribution >= 0.6 is 0 Å². The number of rotatable bonds is 5. The number of hydrogen-bond acceptors (Lipinski definition) is 1. The fourth-order valence-electron chi connectivity index (χ4n) is 2.19. The van der Waals surface area contributed by atoms with E-state index in [1.165, 1.54) is 16.7 Å². The van der Waals surface area contributed by atoms with Crippen LogP contribution in [0.2, 0.25) is 0 Å². The largest absolute Gasteiger partial charge is 0.299 e. The molecule has 16 heavy (non-hydrogen) atoms. The maximum Gasteiger partial charge on any atom is 0.140 e. The van der Waals surface area contributed by atoms with E-state index in [0.717, 1.165) is 12.8 Å². The molecule has 0 heterocycles.